The van der Waals surface area contributed by atoms with Gasteiger partial charge in [-0.1, -0.05) is 15.9 Å². The summed E-state index contributed by atoms with van der Waals surface area (Å²) in [5.74, 6) is -0.785. The molecule has 0 unspecified atom stereocenters. The van der Waals surface area contributed by atoms with E-state index >= 15 is 0 Å². The Balaban J connectivity index is 2.19. The summed E-state index contributed by atoms with van der Waals surface area (Å²) in [6, 6.07) is 5.58. The van der Waals surface area contributed by atoms with Gasteiger partial charge in [0, 0.05) is 35.4 Å². The van der Waals surface area contributed by atoms with Crippen molar-refractivity contribution in [3.63, 3.8) is 0 Å². The van der Waals surface area contributed by atoms with Gasteiger partial charge >= 0.3 is 5.97 Å². The molecule has 0 radical (unpaired) electrons. The third-order valence-corrected chi connectivity index (χ3v) is 3.82. The second kappa shape index (κ2) is 6.30. The van der Waals surface area contributed by atoms with Crippen molar-refractivity contribution < 1.29 is 19.1 Å². The standard InChI is InChI=1S/C15H16BrNO4/c1-9-11-8-10(16)5-6-12(11)21-14(9)15(20)17(2)7-3-4-13(18)19/h5-6,8H,3-4,7H2,1-2H3,(H,18,19). The van der Waals surface area contributed by atoms with Gasteiger partial charge in [-0.15, -0.1) is 0 Å². The molecule has 0 aliphatic rings. The van der Waals surface area contributed by atoms with Crippen LogP contribution in [0.2, 0.25) is 0 Å². The number of amides is 1. The molecule has 21 heavy (non-hydrogen) atoms. The lowest BCUT2D eigenvalue weighted by Gasteiger charge is -2.15. The van der Waals surface area contributed by atoms with Crippen LogP contribution in [0.15, 0.2) is 27.1 Å². The molecule has 0 aliphatic heterocycles. The number of carboxylic acids is 1. The lowest BCUT2D eigenvalue weighted by molar-refractivity contribution is -0.137. The second-order valence-electron chi connectivity index (χ2n) is 4.92. The van der Waals surface area contributed by atoms with Gasteiger partial charge in [0.25, 0.3) is 5.91 Å². The molecule has 0 spiro atoms. The average molecular weight is 354 g/mol. The van der Waals surface area contributed by atoms with E-state index in [1.165, 1.54) is 4.90 Å². The highest BCUT2D eigenvalue weighted by atomic mass is 79.9. The molecule has 2 rings (SSSR count). The van der Waals surface area contributed by atoms with Crippen LogP contribution in [-0.2, 0) is 4.79 Å². The number of nitrogens with zero attached hydrogens (tertiary/aromatic N) is 1. The van der Waals surface area contributed by atoms with Crippen molar-refractivity contribution in [2.75, 3.05) is 13.6 Å². The summed E-state index contributed by atoms with van der Waals surface area (Å²) >= 11 is 3.40. The summed E-state index contributed by atoms with van der Waals surface area (Å²) in [5, 5.41) is 9.52. The summed E-state index contributed by atoms with van der Waals surface area (Å²) < 4.78 is 6.56. The van der Waals surface area contributed by atoms with E-state index in [2.05, 4.69) is 15.9 Å². The molecule has 0 saturated carbocycles. The fraction of sp³-hybridized carbons (Fsp3) is 0.333. The van der Waals surface area contributed by atoms with Gasteiger partial charge in [-0.25, -0.2) is 0 Å². The number of aryl methyl sites for hydroxylation is 1. The first kappa shape index (κ1) is 15.6. The van der Waals surface area contributed by atoms with E-state index in [1.54, 1.807) is 7.05 Å². The van der Waals surface area contributed by atoms with Crippen molar-refractivity contribution in [2.24, 2.45) is 0 Å². The number of carbonyl (C=O) groups is 2. The minimum atomic E-state index is -0.861. The zero-order valence-corrected chi connectivity index (χ0v) is 13.4. The molecule has 1 heterocycles. The normalized spacial score (nSPS) is 10.8. The first-order valence-corrected chi connectivity index (χ1v) is 7.35. The molecule has 1 aromatic heterocycles. The topological polar surface area (TPSA) is 70.8 Å². The molecular formula is C15H16BrNO4. The van der Waals surface area contributed by atoms with Gasteiger partial charge in [0.1, 0.15) is 5.58 Å². The lowest BCUT2D eigenvalue weighted by atomic mass is 10.1. The van der Waals surface area contributed by atoms with Gasteiger partial charge in [-0.3, -0.25) is 9.59 Å². The quantitative estimate of drug-likeness (QED) is 0.893. The molecule has 1 amide bonds. The molecule has 0 bridgehead atoms. The highest BCUT2D eigenvalue weighted by molar-refractivity contribution is 9.10. The molecule has 0 atom stereocenters. The zero-order chi connectivity index (χ0) is 15.6. The molecule has 0 aliphatic carbocycles. The summed E-state index contributed by atoms with van der Waals surface area (Å²) in [7, 11) is 1.65. The molecule has 0 fully saturated rings. The number of rotatable bonds is 5. The Kier molecular flexibility index (Phi) is 4.67. The molecule has 2 aromatic rings. The van der Waals surface area contributed by atoms with E-state index < -0.39 is 5.97 Å². The maximum Gasteiger partial charge on any atom is 0.303 e. The highest BCUT2D eigenvalue weighted by Gasteiger charge is 2.21. The third kappa shape index (κ3) is 3.44. The Morgan fingerprint density at radius 3 is 2.76 bits per heavy atom. The van der Waals surface area contributed by atoms with Gasteiger partial charge in [0.05, 0.1) is 0 Å². The van der Waals surface area contributed by atoms with E-state index in [9.17, 15) is 9.59 Å². The molecule has 1 aromatic carbocycles. The Morgan fingerprint density at radius 1 is 1.38 bits per heavy atom. The van der Waals surface area contributed by atoms with Gasteiger partial charge < -0.3 is 14.4 Å². The van der Waals surface area contributed by atoms with Crippen LogP contribution in [0.5, 0.6) is 0 Å². The number of halogens is 1. The van der Waals surface area contributed by atoms with Crippen LogP contribution in [0.1, 0.15) is 29.0 Å². The smallest absolute Gasteiger partial charge is 0.303 e. The van der Waals surface area contributed by atoms with E-state index in [0.29, 0.717) is 24.3 Å². The van der Waals surface area contributed by atoms with Gasteiger partial charge in [0.2, 0.25) is 0 Å². The number of fused-ring (bicyclic) bond motifs is 1. The number of aliphatic carboxylic acids is 1. The largest absolute Gasteiger partial charge is 0.481 e. The predicted molar refractivity (Wildman–Crippen MR) is 82.5 cm³/mol. The van der Waals surface area contributed by atoms with Crippen molar-refractivity contribution in [1.82, 2.24) is 4.90 Å². The average Bonchev–Trinajstić information content (AvgIpc) is 2.74. The first-order chi connectivity index (χ1) is 9.90. The van der Waals surface area contributed by atoms with E-state index in [4.69, 9.17) is 9.52 Å². The van der Waals surface area contributed by atoms with Crippen molar-refractivity contribution >= 4 is 38.8 Å². The van der Waals surface area contributed by atoms with Crippen LogP contribution in [-0.4, -0.2) is 35.5 Å². The van der Waals surface area contributed by atoms with Crippen molar-refractivity contribution in [3.05, 3.63) is 34.0 Å². The number of hydrogen-bond donors (Lipinski definition) is 1. The highest BCUT2D eigenvalue weighted by Crippen LogP contribution is 2.28. The maximum absolute atomic E-state index is 12.4. The van der Waals surface area contributed by atoms with Gasteiger partial charge in [-0.2, -0.15) is 0 Å². The van der Waals surface area contributed by atoms with Crippen molar-refractivity contribution in [1.29, 1.82) is 0 Å². The SMILES string of the molecule is Cc1c(C(=O)N(C)CCCC(=O)O)oc2ccc(Br)cc12. The van der Waals surface area contributed by atoms with Crippen LogP contribution in [0, 0.1) is 6.92 Å². The summed E-state index contributed by atoms with van der Waals surface area (Å²) in [6.45, 7) is 2.22. The summed E-state index contributed by atoms with van der Waals surface area (Å²) in [5.41, 5.74) is 1.46. The number of carbonyl (C=O) groups excluding carboxylic acids is 1. The minimum absolute atomic E-state index is 0.0453. The van der Waals surface area contributed by atoms with E-state index in [1.807, 2.05) is 25.1 Å². The molecule has 0 saturated heterocycles. The number of benzene rings is 1. The van der Waals surface area contributed by atoms with Crippen LogP contribution < -0.4 is 0 Å². The molecule has 112 valence electrons. The first-order valence-electron chi connectivity index (χ1n) is 6.56. The number of hydrogen-bond acceptors (Lipinski definition) is 3. The molecule has 6 heteroatoms. The number of furan rings is 1. The van der Waals surface area contributed by atoms with Crippen LogP contribution >= 0.6 is 15.9 Å². The zero-order valence-electron chi connectivity index (χ0n) is 11.9. The van der Waals surface area contributed by atoms with Gasteiger partial charge in [-0.05, 0) is 31.5 Å². The van der Waals surface area contributed by atoms with Crippen molar-refractivity contribution in [2.45, 2.75) is 19.8 Å². The molecule has 5 nitrogen and oxygen atoms in total. The van der Waals surface area contributed by atoms with Crippen LogP contribution in [0.3, 0.4) is 0 Å². The lowest BCUT2D eigenvalue weighted by Crippen LogP contribution is -2.28. The van der Waals surface area contributed by atoms with Crippen LogP contribution in [0.4, 0.5) is 0 Å². The Morgan fingerprint density at radius 2 is 2.10 bits per heavy atom. The second-order valence-corrected chi connectivity index (χ2v) is 5.84. The van der Waals surface area contributed by atoms with E-state index in [0.717, 1.165) is 15.4 Å². The van der Waals surface area contributed by atoms with Gasteiger partial charge in [0.15, 0.2) is 5.76 Å². The van der Waals surface area contributed by atoms with Crippen molar-refractivity contribution in [3.8, 4) is 0 Å². The predicted octanol–water partition coefficient (Wildman–Crippen LogP) is 3.44. The Labute approximate surface area is 130 Å². The van der Waals surface area contributed by atoms with E-state index in [-0.39, 0.29) is 12.3 Å². The maximum atomic E-state index is 12.4. The molecule has 1 N–H and O–H groups in total. The Bertz CT molecular complexity index is 692. The molecular weight excluding hydrogens is 338 g/mol. The monoisotopic (exact) mass is 353 g/mol. The Hall–Kier alpha value is -1.82. The summed E-state index contributed by atoms with van der Waals surface area (Å²) in [6.07, 6.45) is 0.464. The fourth-order valence-corrected chi connectivity index (χ4v) is 2.50. The third-order valence-electron chi connectivity index (χ3n) is 3.32. The van der Waals surface area contributed by atoms with Crippen LogP contribution in [0.25, 0.3) is 11.0 Å². The number of carboxylic acid groups (broad SMARTS) is 1. The fourth-order valence-electron chi connectivity index (χ4n) is 2.14. The summed E-state index contributed by atoms with van der Waals surface area (Å²) in [4.78, 5) is 24.4. The minimum Gasteiger partial charge on any atom is -0.481 e.